The molecule has 22 heavy (non-hydrogen) atoms. The second-order valence-corrected chi connectivity index (χ2v) is 5.47. The van der Waals surface area contributed by atoms with Crippen LogP contribution < -0.4 is 5.32 Å². The lowest BCUT2D eigenvalue weighted by atomic mass is 10.2. The van der Waals surface area contributed by atoms with E-state index in [0.717, 1.165) is 16.9 Å². The van der Waals surface area contributed by atoms with Gasteiger partial charge in [-0.25, -0.2) is 4.98 Å². The zero-order valence-electron chi connectivity index (χ0n) is 12.9. The molecular weight excluding hydrogens is 282 g/mol. The Balaban J connectivity index is 2.01. The number of nitrogens with zero attached hydrogens (tertiary/aromatic N) is 2. The average molecular weight is 303 g/mol. The summed E-state index contributed by atoms with van der Waals surface area (Å²) in [4.78, 5) is 26.6. The molecule has 6 nitrogen and oxygen atoms in total. The van der Waals surface area contributed by atoms with Gasteiger partial charge in [-0.3, -0.25) is 9.59 Å². The first-order valence-electron chi connectivity index (χ1n) is 7.43. The number of hydrogen-bond donors (Lipinski definition) is 2. The van der Waals surface area contributed by atoms with Crippen LogP contribution in [0, 0.1) is 0 Å². The van der Waals surface area contributed by atoms with Crippen LogP contribution in [0.1, 0.15) is 38.6 Å². The molecule has 0 fully saturated rings. The number of amides is 1. The number of carboxylic acids is 1. The van der Waals surface area contributed by atoms with Gasteiger partial charge in [-0.2, -0.15) is 0 Å². The van der Waals surface area contributed by atoms with Gasteiger partial charge < -0.3 is 15.0 Å². The van der Waals surface area contributed by atoms with E-state index in [2.05, 4.69) is 28.7 Å². The van der Waals surface area contributed by atoms with Gasteiger partial charge in [-0.05, 0) is 26.0 Å². The first-order chi connectivity index (χ1) is 10.5. The van der Waals surface area contributed by atoms with Crippen molar-refractivity contribution in [3.05, 3.63) is 30.1 Å². The third-order valence-corrected chi connectivity index (χ3v) is 3.42. The van der Waals surface area contributed by atoms with Gasteiger partial charge in [0.2, 0.25) is 5.91 Å². The van der Waals surface area contributed by atoms with Gasteiger partial charge in [0, 0.05) is 25.4 Å². The number of para-hydroxylation sites is 2. The maximum atomic E-state index is 11.5. The second kappa shape index (κ2) is 7.06. The Morgan fingerprint density at radius 1 is 1.27 bits per heavy atom. The number of carboxylic acid groups (broad SMARTS) is 1. The fourth-order valence-electron chi connectivity index (χ4n) is 2.47. The minimum absolute atomic E-state index is 0.00985. The number of benzene rings is 1. The summed E-state index contributed by atoms with van der Waals surface area (Å²) in [5, 5.41) is 11.3. The lowest BCUT2D eigenvalue weighted by Gasteiger charge is -2.13. The van der Waals surface area contributed by atoms with Crippen molar-refractivity contribution in [2.45, 2.75) is 39.2 Å². The largest absolute Gasteiger partial charge is 0.481 e. The van der Waals surface area contributed by atoms with Crippen LogP contribution in [0.25, 0.3) is 11.0 Å². The number of aliphatic carboxylic acids is 1. The molecule has 0 saturated heterocycles. The van der Waals surface area contributed by atoms with Gasteiger partial charge in [0.25, 0.3) is 0 Å². The molecule has 0 aliphatic heterocycles. The summed E-state index contributed by atoms with van der Waals surface area (Å²) in [5.74, 6) is -0.277. The molecule has 6 heteroatoms. The topological polar surface area (TPSA) is 84.2 Å². The third kappa shape index (κ3) is 3.84. The molecule has 0 spiro atoms. The second-order valence-electron chi connectivity index (χ2n) is 5.47. The highest BCUT2D eigenvalue weighted by Crippen LogP contribution is 2.20. The van der Waals surface area contributed by atoms with Gasteiger partial charge in [-0.15, -0.1) is 0 Å². The van der Waals surface area contributed by atoms with Crippen LogP contribution in [0.5, 0.6) is 0 Å². The van der Waals surface area contributed by atoms with E-state index in [1.54, 1.807) is 0 Å². The van der Waals surface area contributed by atoms with Crippen molar-refractivity contribution >= 4 is 22.9 Å². The summed E-state index contributed by atoms with van der Waals surface area (Å²) >= 11 is 0. The number of carbonyl (C=O) groups is 2. The van der Waals surface area contributed by atoms with Gasteiger partial charge in [0.1, 0.15) is 5.82 Å². The van der Waals surface area contributed by atoms with E-state index < -0.39 is 5.97 Å². The summed E-state index contributed by atoms with van der Waals surface area (Å²) < 4.78 is 2.17. The van der Waals surface area contributed by atoms with Crippen LogP contribution >= 0.6 is 0 Å². The van der Waals surface area contributed by atoms with Gasteiger partial charge in [0.15, 0.2) is 0 Å². The predicted octanol–water partition coefficient (Wildman–Crippen LogP) is 2.14. The van der Waals surface area contributed by atoms with Crippen LogP contribution in [-0.4, -0.2) is 33.1 Å². The summed E-state index contributed by atoms with van der Waals surface area (Å²) in [7, 11) is 0. The number of imidazole rings is 1. The highest BCUT2D eigenvalue weighted by Gasteiger charge is 2.13. The zero-order chi connectivity index (χ0) is 16.1. The molecule has 0 aliphatic rings. The monoisotopic (exact) mass is 303 g/mol. The van der Waals surface area contributed by atoms with E-state index in [1.165, 1.54) is 0 Å². The number of fused-ring (bicyclic) bond motifs is 1. The van der Waals surface area contributed by atoms with Crippen LogP contribution in [-0.2, 0) is 16.0 Å². The van der Waals surface area contributed by atoms with Crippen molar-refractivity contribution in [3.8, 4) is 0 Å². The number of aromatic nitrogens is 2. The van der Waals surface area contributed by atoms with Crippen molar-refractivity contribution in [2.24, 2.45) is 0 Å². The number of hydrogen-bond acceptors (Lipinski definition) is 3. The van der Waals surface area contributed by atoms with E-state index in [9.17, 15) is 9.59 Å². The summed E-state index contributed by atoms with van der Waals surface area (Å²) in [5.41, 5.74) is 2.04. The molecular formula is C16H21N3O3. The predicted molar refractivity (Wildman–Crippen MR) is 83.7 cm³/mol. The van der Waals surface area contributed by atoms with Crippen LogP contribution in [0.3, 0.4) is 0 Å². The van der Waals surface area contributed by atoms with Crippen molar-refractivity contribution in [3.63, 3.8) is 0 Å². The normalized spacial score (nSPS) is 11.0. The molecule has 2 aromatic rings. The van der Waals surface area contributed by atoms with Gasteiger partial charge >= 0.3 is 5.97 Å². The quantitative estimate of drug-likeness (QED) is 0.820. The molecule has 2 rings (SSSR count). The van der Waals surface area contributed by atoms with Crippen LogP contribution in [0.15, 0.2) is 24.3 Å². The maximum absolute atomic E-state index is 11.5. The molecule has 0 atom stereocenters. The SMILES string of the molecule is CC(C)n1c(CCNC(=O)CCC(=O)O)nc2ccccc21. The zero-order valence-corrected chi connectivity index (χ0v) is 12.9. The maximum Gasteiger partial charge on any atom is 0.303 e. The Morgan fingerprint density at radius 2 is 2.00 bits per heavy atom. The molecule has 0 saturated carbocycles. The molecule has 0 aliphatic carbocycles. The molecule has 1 heterocycles. The molecule has 0 bridgehead atoms. The average Bonchev–Trinajstić information content (AvgIpc) is 2.83. The van der Waals surface area contributed by atoms with Gasteiger partial charge in [-0.1, -0.05) is 12.1 Å². The number of rotatable bonds is 7. The molecule has 0 radical (unpaired) electrons. The summed E-state index contributed by atoms with van der Waals surface area (Å²) in [6, 6.07) is 8.24. The minimum atomic E-state index is -0.961. The van der Waals surface area contributed by atoms with E-state index in [1.807, 2.05) is 24.3 Å². The van der Waals surface area contributed by atoms with Crippen molar-refractivity contribution in [2.75, 3.05) is 6.54 Å². The first kappa shape index (κ1) is 16.0. The molecule has 2 N–H and O–H groups in total. The van der Waals surface area contributed by atoms with E-state index in [0.29, 0.717) is 13.0 Å². The van der Waals surface area contributed by atoms with Gasteiger partial charge in [0.05, 0.1) is 17.5 Å². The van der Waals surface area contributed by atoms with Crippen molar-refractivity contribution < 1.29 is 14.7 Å². The van der Waals surface area contributed by atoms with Crippen molar-refractivity contribution in [1.29, 1.82) is 0 Å². The van der Waals surface area contributed by atoms with Crippen LogP contribution in [0.2, 0.25) is 0 Å². The van der Waals surface area contributed by atoms with E-state index in [4.69, 9.17) is 5.11 Å². The summed E-state index contributed by atoms with van der Waals surface area (Å²) in [6.07, 6.45) is 0.484. The van der Waals surface area contributed by atoms with Crippen LogP contribution in [0.4, 0.5) is 0 Å². The molecule has 118 valence electrons. The lowest BCUT2D eigenvalue weighted by molar-refractivity contribution is -0.138. The lowest BCUT2D eigenvalue weighted by Crippen LogP contribution is -2.27. The smallest absolute Gasteiger partial charge is 0.303 e. The van der Waals surface area contributed by atoms with E-state index >= 15 is 0 Å². The number of carbonyl (C=O) groups excluding carboxylic acids is 1. The summed E-state index contributed by atoms with van der Waals surface area (Å²) in [6.45, 7) is 4.65. The highest BCUT2D eigenvalue weighted by atomic mass is 16.4. The highest BCUT2D eigenvalue weighted by molar-refractivity contribution is 5.80. The Hall–Kier alpha value is -2.37. The minimum Gasteiger partial charge on any atom is -0.481 e. The van der Waals surface area contributed by atoms with E-state index in [-0.39, 0.29) is 24.8 Å². The fraction of sp³-hybridized carbons (Fsp3) is 0.438. The Labute approximate surface area is 129 Å². The first-order valence-corrected chi connectivity index (χ1v) is 7.43. The van der Waals surface area contributed by atoms with Crippen molar-refractivity contribution in [1.82, 2.24) is 14.9 Å². The molecule has 1 aromatic carbocycles. The molecule has 1 amide bonds. The molecule has 0 unspecified atom stereocenters. The third-order valence-electron chi connectivity index (χ3n) is 3.42. The Kier molecular flexibility index (Phi) is 5.14. The Bertz CT molecular complexity index is 676. The standard InChI is InChI=1S/C16H21N3O3/c1-11(2)19-13-6-4-3-5-12(13)18-14(19)9-10-17-15(20)7-8-16(21)22/h3-6,11H,7-10H2,1-2H3,(H,17,20)(H,21,22). The Morgan fingerprint density at radius 3 is 2.68 bits per heavy atom. The number of nitrogens with one attached hydrogen (secondary N) is 1. The molecule has 1 aromatic heterocycles. The fourth-order valence-corrected chi connectivity index (χ4v) is 2.47.